The van der Waals surface area contributed by atoms with Gasteiger partial charge in [0.05, 0.1) is 6.26 Å². The number of nitrogens with one attached hydrogen (secondary N) is 2. The summed E-state index contributed by atoms with van der Waals surface area (Å²) >= 11 is 5.80. The zero-order valence-electron chi connectivity index (χ0n) is 14.3. The van der Waals surface area contributed by atoms with Crippen LogP contribution in [-0.2, 0) is 20.9 Å². The van der Waals surface area contributed by atoms with E-state index in [9.17, 15) is 14.4 Å². The molecule has 26 heavy (non-hydrogen) atoms. The van der Waals surface area contributed by atoms with Crippen molar-refractivity contribution in [3.63, 3.8) is 0 Å². The maximum atomic E-state index is 12.0. The minimum Gasteiger partial charge on any atom is -0.459 e. The first kappa shape index (κ1) is 19.5. The first-order chi connectivity index (χ1) is 12.4. The number of carbonyl (C=O) groups is 3. The summed E-state index contributed by atoms with van der Waals surface area (Å²) in [6, 6.07) is 9.10. The fraction of sp³-hybridized carbons (Fsp3) is 0.278. The lowest BCUT2D eigenvalue weighted by molar-refractivity contribution is -0.156. The summed E-state index contributed by atoms with van der Waals surface area (Å²) < 4.78 is 10.0. The van der Waals surface area contributed by atoms with Crippen LogP contribution in [0, 0.1) is 0 Å². The van der Waals surface area contributed by atoms with Gasteiger partial charge in [-0.3, -0.25) is 9.59 Å². The Hall–Kier alpha value is -2.80. The molecule has 0 unspecified atom stereocenters. The normalized spacial score (nSPS) is 12.7. The summed E-state index contributed by atoms with van der Waals surface area (Å²) in [5.41, 5.74) is 0.861. The highest BCUT2D eigenvalue weighted by molar-refractivity contribution is 6.30. The quantitative estimate of drug-likeness (QED) is 0.720. The molecule has 0 aliphatic heterocycles. The SMILES string of the molecule is C[C@H](NC(=O)c1ccco1)C(=O)O[C@@H](C)C(=O)NCc1ccc(Cl)cc1. The second kappa shape index (κ2) is 9.05. The van der Waals surface area contributed by atoms with Gasteiger partial charge in [0, 0.05) is 11.6 Å². The van der Waals surface area contributed by atoms with Crippen LogP contribution in [0.1, 0.15) is 30.0 Å². The highest BCUT2D eigenvalue weighted by atomic mass is 35.5. The van der Waals surface area contributed by atoms with Gasteiger partial charge >= 0.3 is 5.97 Å². The van der Waals surface area contributed by atoms with Gasteiger partial charge in [-0.1, -0.05) is 23.7 Å². The molecule has 8 heteroatoms. The summed E-state index contributed by atoms with van der Waals surface area (Å²) in [6.45, 7) is 3.19. The molecule has 2 amide bonds. The second-order valence-corrected chi connectivity index (χ2v) is 6.03. The monoisotopic (exact) mass is 378 g/mol. The Balaban J connectivity index is 1.78. The third kappa shape index (κ3) is 5.63. The minimum absolute atomic E-state index is 0.0819. The van der Waals surface area contributed by atoms with Crippen molar-refractivity contribution < 1.29 is 23.5 Å². The van der Waals surface area contributed by atoms with Crippen LogP contribution >= 0.6 is 11.6 Å². The van der Waals surface area contributed by atoms with E-state index >= 15 is 0 Å². The number of halogens is 1. The van der Waals surface area contributed by atoms with Crippen molar-refractivity contribution in [1.29, 1.82) is 0 Å². The molecule has 0 fully saturated rings. The number of amides is 2. The molecular weight excluding hydrogens is 360 g/mol. The van der Waals surface area contributed by atoms with Crippen LogP contribution in [0.25, 0.3) is 0 Å². The van der Waals surface area contributed by atoms with E-state index in [2.05, 4.69) is 10.6 Å². The molecule has 7 nitrogen and oxygen atoms in total. The predicted octanol–water partition coefficient (Wildman–Crippen LogP) is 2.30. The third-order valence-corrected chi connectivity index (χ3v) is 3.74. The van der Waals surface area contributed by atoms with Crippen molar-refractivity contribution >= 4 is 29.4 Å². The molecule has 138 valence electrons. The lowest BCUT2D eigenvalue weighted by Gasteiger charge is -2.17. The first-order valence-electron chi connectivity index (χ1n) is 7.94. The maximum absolute atomic E-state index is 12.0. The van der Waals surface area contributed by atoms with Crippen LogP contribution in [0.2, 0.25) is 5.02 Å². The van der Waals surface area contributed by atoms with Crippen LogP contribution in [0.15, 0.2) is 47.1 Å². The molecule has 2 N–H and O–H groups in total. The standard InChI is InChI=1S/C18H19ClN2O5/c1-11(21-17(23)15-4-3-9-25-15)18(24)26-12(2)16(22)20-10-13-5-7-14(19)8-6-13/h3-9,11-12H,10H2,1-2H3,(H,20,22)(H,21,23)/t11-,12-/m0/s1. The number of rotatable bonds is 7. The number of carbonyl (C=O) groups excluding carboxylic acids is 3. The molecule has 0 aliphatic carbocycles. The van der Waals surface area contributed by atoms with Crippen molar-refractivity contribution in [2.75, 3.05) is 0 Å². The van der Waals surface area contributed by atoms with Gasteiger partial charge < -0.3 is 19.8 Å². The fourth-order valence-electron chi connectivity index (χ4n) is 2.00. The Morgan fingerprint density at radius 2 is 1.85 bits per heavy atom. The summed E-state index contributed by atoms with van der Waals surface area (Å²) in [4.78, 5) is 35.9. The van der Waals surface area contributed by atoms with Gasteiger partial charge in [-0.05, 0) is 43.7 Å². The maximum Gasteiger partial charge on any atom is 0.329 e. The van der Waals surface area contributed by atoms with Gasteiger partial charge in [0.2, 0.25) is 0 Å². The van der Waals surface area contributed by atoms with E-state index in [1.807, 2.05) is 0 Å². The molecule has 0 saturated heterocycles. The summed E-state index contributed by atoms with van der Waals surface area (Å²) in [5, 5.41) is 5.71. The molecule has 1 aromatic heterocycles. The van der Waals surface area contributed by atoms with Crippen LogP contribution in [0.3, 0.4) is 0 Å². The number of furan rings is 1. The van der Waals surface area contributed by atoms with E-state index in [0.717, 1.165) is 5.56 Å². The number of ether oxygens (including phenoxy) is 1. The highest BCUT2D eigenvalue weighted by Gasteiger charge is 2.24. The van der Waals surface area contributed by atoms with Crippen molar-refractivity contribution in [2.45, 2.75) is 32.5 Å². The average Bonchev–Trinajstić information content (AvgIpc) is 3.15. The largest absolute Gasteiger partial charge is 0.459 e. The van der Waals surface area contributed by atoms with Gasteiger partial charge in [0.25, 0.3) is 11.8 Å². The van der Waals surface area contributed by atoms with E-state index < -0.39 is 29.9 Å². The summed E-state index contributed by atoms with van der Waals surface area (Å²) in [5.74, 6) is -1.63. The topological polar surface area (TPSA) is 97.6 Å². The van der Waals surface area contributed by atoms with Gasteiger partial charge in [0.1, 0.15) is 6.04 Å². The Bertz CT molecular complexity index is 758. The summed E-state index contributed by atoms with van der Waals surface area (Å²) in [7, 11) is 0. The minimum atomic E-state index is -1.00. The lowest BCUT2D eigenvalue weighted by Crippen LogP contribution is -2.43. The van der Waals surface area contributed by atoms with E-state index in [4.69, 9.17) is 20.8 Å². The third-order valence-electron chi connectivity index (χ3n) is 3.49. The number of hydrogen-bond donors (Lipinski definition) is 2. The molecule has 1 heterocycles. The van der Waals surface area contributed by atoms with Crippen molar-refractivity contribution in [3.05, 3.63) is 59.0 Å². The zero-order valence-corrected chi connectivity index (χ0v) is 15.1. The molecule has 0 spiro atoms. The number of hydrogen-bond acceptors (Lipinski definition) is 5. The van der Waals surface area contributed by atoms with Crippen molar-refractivity contribution in [1.82, 2.24) is 10.6 Å². The molecule has 1 aromatic carbocycles. The predicted molar refractivity (Wildman–Crippen MR) is 94.5 cm³/mol. The van der Waals surface area contributed by atoms with Gasteiger partial charge in [-0.15, -0.1) is 0 Å². The number of esters is 1. The van der Waals surface area contributed by atoms with Gasteiger partial charge in [-0.2, -0.15) is 0 Å². The zero-order chi connectivity index (χ0) is 19.1. The van der Waals surface area contributed by atoms with Crippen LogP contribution in [-0.4, -0.2) is 29.9 Å². The van der Waals surface area contributed by atoms with Crippen molar-refractivity contribution in [3.8, 4) is 0 Å². The van der Waals surface area contributed by atoms with E-state index in [0.29, 0.717) is 5.02 Å². The smallest absolute Gasteiger partial charge is 0.329 e. The molecule has 0 bridgehead atoms. The van der Waals surface area contributed by atoms with Crippen LogP contribution < -0.4 is 10.6 Å². The molecular formula is C18H19ClN2O5. The average molecular weight is 379 g/mol. The van der Waals surface area contributed by atoms with Gasteiger partial charge in [0.15, 0.2) is 11.9 Å². The Morgan fingerprint density at radius 3 is 2.46 bits per heavy atom. The fourth-order valence-corrected chi connectivity index (χ4v) is 2.13. The Labute approximate surface area is 155 Å². The van der Waals surface area contributed by atoms with E-state index in [1.54, 1.807) is 30.3 Å². The molecule has 0 saturated carbocycles. The molecule has 2 atom stereocenters. The Kier molecular flexibility index (Phi) is 6.80. The van der Waals surface area contributed by atoms with Gasteiger partial charge in [-0.25, -0.2) is 4.79 Å². The Morgan fingerprint density at radius 1 is 1.15 bits per heavy atom. The molecule has 2 rings (SSSR count). The van der Waals surface area contributed by atoms with E-state index in [1.165, 1.54) is 26.2 Å². The van der Waals surface area contributed by atoms with E-state index in [-0.39, 0.29) is 12.3 Å². The number of benzene rings is 1. The lowest BCUT2D eigenvalue weighted by atomic mass is 10.2. The van der Waals surface area contributed by atoms with Crippen LogP contribution in [0.5, 0.6) is 0 Å². The second-order valence-electron chi connectivity index (χ2n) is 5.60. The molecule has 0 aliphatic rings. The first-order valence-corrected chi connectivity index (χ1v) is 8.31. The highest BCUT2D eigenvalue weighted by Crippen LogP contribution is 2.09. The van der Waals surface area contributed by atoms with Crippen molar-refractivity contribution in [2.24, 2.45) is 0 Å². The molecule has 2 aromatic rings. The molecule has 0 radical (unpaired) electrons. The summed E-state index contributed by atoms with van der Waals surface area (Å²) in [6.07, 6.45) is 0.350. The van der Waals surface area contributed by atoms with Crippen LogP contribution in [0.4, 0.5) is 0 Å².